The minimum Gasteiger partial charge on any atom is -0.491 e. The average molecular weight is 486 g/mol. The van der Waals surface area contributed by atoms with Gasteiger partial charge >= 0.3 is 0 Å². The molecule has 12 heteroatoms. The summed E-state index contributed by atoms with van der Waals surface area (Å²) in [5.41, 5.74) is 1.98. The number of aromatic nitrogens is 4. The van der Waals surface area contributed by atoms with E-state index < -0.39 is 14.6 Å². The van der Waals surface area contributed by atoms with Crippen molar-refractivity contribution in [3.05, 3.63) is 29.5 Å². The van der Waals surface area contributed by atoms with E-state index in [9.17, 15) is 13.7 Å². The van der Waals surface area contributed by atoms with Crippen LogP contribution in [0.2, 0.25) is 0 Å². The van der Waals surface area contributed by atoms with E-state index in [1.807, 2.05) is 4.90 Å². The number of hydrogen-bond acceptors (Lipinski definition) is 10. The Morgan fingerprint density at radius 1 is 1.21 bits per heavy atom. The molecule has 0 aliphatic carbocycles. The first kappa shape index (κ1) is 23.7. The van der Waals surface area contributed by atoms with Crippen LogP contribution < -0.4 is 15.0 Å². The lowest BCUT2D eigenvalue weighted by atomic mass is 10.1. The van der Waals surface area contributed by atoms with Gasteiger partial charge in [0.05, 0.1) is 43.0 Å². The number of methoxy groups -OCH3 is 1. The summed E-state index contributed by atoms with van der Waals surface area (Å²) in [6.45, 7) is 5.37. The van der Waals surface area contributed by atoms with Crippen LogP contribution in [-0.4, -0.2) is 74.7 Å². The first-order chi connectivity index (χ1) is 16.1. The van der Waals surface area contributed by atoms with Gasteiger partial charge in [-0.1, -0.05) is 0 Å². The molecular weight excluding hydrogens is 458 g/mol. The molecule has 0 saturated carbocycles. The number of sulfone groups is 1. The molecular formula is C22H27N7O4S. The zero-order valence-corrected chi connectivity index (χ0v) is 20.6. The Balaban J connectivity index is 2.06. The minimum absolute atomic E-state index is 0.241. The van der Waals surface area contributed by atoms with Crippen LogP contribution in [0.3, 0.4) is 0 Å². The Hall–Kier alpha value is -3.43. The van der Waals surface area contributed by atoms with E-state index in [1.165, 1.54) is 13.4 Å². The van der Waals surface area contributed by atoms with Gasteiger partial charge in [0, 0.05) is 26.4 Å². The maximum absolute atomic E-state index is 12.8. The van der Waals surface area contributed by atoms with Gasteiger partial charge in [-0.05, 0) is 32.0 Å². The largest absolute Gasteiger partial charge is 0.491 e. The molecule has 0 radical (unpaired) electrons. The molecule has 3 heterocycles. The van der Waals surface area contributed by atoms with Crippen LogP contribution in [0.1, 0.15) is 25.1 Å². The third kappa shape index (κ3) is 3.91. The molecule has 0 spiro atoms. The fraction of sp³-hybridized carbons (Fsp3) is 0.455. The molecule has 1 N–H and O–H groups in total. The lowest BCUT2D eigenvalue weighted by molar-refractivity contribution is 0.122. The third-order valence-electron chi connectivity index (χ3n) is 6.06. The number of hydrogen-bond donors (Lipinski definition) is 1. The molecule has 34 heavy (non-hydrogen) atoms. The van der Waals surface area contributed by atoms with Crippen LogP contribution in [-0.2, 0) is 19.3 Å². The molecule has 3 aromatic rings. The highest BCUT2D eigenvalue weighted by Crippen LogP contribution is 2.40. The molecule has 11 nitrogen and oxygen atoms in total. The second kappa shape index (κ2) is 8.73. The second-order valence-electron chi connectivity index (χ2n) is 8.45. The summed E-state index contributed by atoms with van der Waals surface area (Å²) in [4.78, 5) is 16.1. The topological polar surface area (TPSA) is 135 Å². The fourth-order valence-electron chi connectivity index (χ4n) is 3.81. The summed E-state index contributed by atoms with van der Waals surface area (Å²) in [7, 11) is -0.374. The summed E-state index contributed by atoms with van der Waals surface area (Å²) in [6, 6.07) is 7.25. The van der Waals surface area contributed by atoms with Gasteiger partial charge in [-0.3, -0.25) is 0 Å². The number of fused-ring (bicyclic) bond motifs is 1. The molecule has 0 bridgehead atoms. The first-order valence-corrected chi connectivity index (χ1v) is 12.6. The summed E-state index contributed by atoms with van der Waals surface area (Å²) in [5, 5.41) is 12.3. The summed E-state index contributed by atoms with van der Waals surface area (Å²) < 4.78 is 37.2. The van der Waals surface area contributed by atoms with Gasteiger partial charge in [0.15, 0.2) is 21.4 Å². The lowest BCUT2D eigenvalue weighted by Gasteiger charge is -2.32. The molecule has 2 aromatic heterocycles. The minimum atomic E-state index is -3.58. The lowest BCUT2D eigenvalue weighted by Crippen LogP contribution is -2.38. The molecule has 1 aliphatic rings. The van der Waals surface area contributed by atoms with Crippen molar-refractivity contribution in [3.8, 4) is 17.8 Å². The van der Waals surface area contributed by atoms with E-state index in [0.717, 1.165) is 0 Å². The maximum Gasteiger partial charge on any atom is 0.239 e. The summed E-state index contributed by atoms with van der Waals surface area (Å²) in [5.74, 6) is 1.49. The Morgan fingerprint density at radius 3 is 2.50 bits per heavy atom. The smallest absolute Gasteiger partial charge is 0.239 e. The van der Waals surface area contributed by atoms with Gasteiger partial charge in [0.2, 0.25) is 11.9 Å². The second-order valence-corrected chi connectivity index (χ2v) is 11.0. The predicted molar refractivity (Wildman–Crippen MR) is 128 cm³/mol. The highest BCUT2D eigenvalue weighted by Gasteiger charge is 2.40. The molecule has 1 fully saturated rings. The van der Waals surface area contributed by atoms with Crippen molar-refractivity contribution in [3.63, 3.8) is 0 Å². The number of ether oxygens (including phenoxy) is 2. The number of anilines is 2. The number of benzene rings is 1. The Morgan fingerprint density at radius 2 is 1.91 bits per heavy atom. The van der Waals surface area contributed by atoms with Gasteiger partial charge in [0.1, 0.15) is 10.4 Å². The maximum atomic E-state index is 12.8. The van der Waals surface area contributed by atoms with E-state index in [1.54, 1.807) is 43.7 Å². The molecule has 0 unspecified atom stereocenters. The van der Waals surface area contributed by atoms with Crippen molar-refractivity contribution in [2.75, 3.05) is 56.9 Å². The van der Waals surface area contributed by atoms with E-state index in [-0.39, 0.29) is 11.6 Å². The van der Waals surface area contributed by atoms with Crippen LogP contribution in [0.5, 0.6) is 5.75 Å². The summed E-state index contributed by atoms with van der Waals surface area (Å²) in [6.07, 6.45) is 1.18. The van der Waals surface area contributed by atoms with Crippen LogP contribution in [0.15, 0.2) is 18.2 Å². The van der Waals surface area contributed by atoms with Crippen LogP contribution >= 0.6 is 0 Å². The number of imidazole rings is 1. The monoisotopic (exact) mass is 485 g/mol. The fourth-order valence-corrected chi connectivity index (χ4v) is 4.30. The highest BCUT2D eigenvalue weighted by molar-refractivity contribution is 7.91. The Labute approximate surface area is 198 Å². The van der Waals surface area contributed by atoms with Gasteiger partial charge in [-0.15, -0.1) is 0 Å². The number of nitriles is 1. The zero-order valence-electron chi connectivity index (χ0n) is 19.8. The average Bonchev–Trinajstić information content (AvgIpc) is 3.20. The third-order valence-corrected chi connectivity index (χ3v) is 8.10. The normalized spacial score (nSPS) is 14.8. The molecule has 1 aromatic carbocycles. The number of rotatable bonds is 6. The number of nitrogens with one attached hydrogen (secondary N) is 1. The predicted octanol–water partition coefficient (Wildman–Crippen LogP) is 1.85. The van der Waals surface area contributed by atoms with Gasteiger partial charge in [-0.25, -0.2) is 23.0 Å². The van der Waals surface area contributed by atoms with Crippen LogP contribution in [0, 0.1) is 11.3 Å². The molecule has 1 aliphatic heterocycles. The van der Waals surface area contributed by atoms with Crippen LogP contribution in [0.4, 0.5) is 11.8 Å². The van der Waals surface area contributed by atoms with Crippen molar-refractivity contribution in [1.29, 1.82) is 5.26 Å². The van der Waals surface area contributed by atoms with Crippen LogP contribution in [0.25, 0.3) is 17.0 Å². The Kier molecular flexibility index (Phi) is 6.09. The summed E-state index contributed by atoms with van der Waals surface area (Å²) >= 11 is 0. The quantitative estimate of drug-likeness (QED) is 0.551. The molecule has 0 atom stereocenters. The van der Waals surface area contributed by atoms with Gasteiger partial charge < -0.3 is 19.7 Å². The zero-order chi connectivity index (χ0) is 24.7. The van der Waals surface area contributed by atoms with E-state index in [0.29, 0.717) is 60.4 Å². The van der Waals surface area contributed by atoms with Crippen molar-refractivity contribution in [1.82, 2.24) is 19.5 Å². The number of morpholine rings is 1. The molecule has 4 rings (SSSR count). The SMILES string of the molecule is CNc1nc2cc(C#N)ccc2n1-c1nc(N2CCOCC2)c(OC)c(C(C)(C)S(C)(=O)=O)n1. The molecule has 0 amide bonds. The molecule has 1 saturated heterocycles. The van der Waals surface area contributed by atoms with Crippen molar-refractivity contribution in [2.24, 2.45) is 0 Å². The standard InChI is InChI=1S/C22H27N7O4S/c1-22(2,34(5,30)31)18-17(32-4)19(28-8-10-33-11-9-28)27-21(26-18)29-16-7-6-14(13-23)12-15(16)25-20(29)24-3/h6-7,12H,8-11H2,1-5H3,(H,24,25). The van der Waals surface area contributed by atoms with Gasteiger partial charge in [0.25, 0.3) is 0 Å². The van der Waals surface area contributed by atoms with Crippen molar-refractivity contribution >= 4 is 32.6 Å². The van der Waals surface area contributed by atoms with E-state index in [2.05, 4.69) is 16.4 Å². The van der Waals surface area contributed by atoms with E-state index in [4.69, 9.17) is 19.4 Å². The first-order valence-electron chi connectivity index (χ1n) is 10.7. The van der Waals surface area contributed by atoms with Gasteiger partial charge in [-0.2, -0.15) is 10.2 Å². The molecule has 180 valence electrons. The van der Waals surface area contributed by atoms with Crippen molar-refractivity contribution < 1.29 is 17.9 Å². The van der Waals surface area contributed by atoms with E-state index >= 15 is 0 Å². The highest BCUT2D eigenvalue weighted by atomic mass is 32.2. The Bertz CT molecular complexity index is 1390. The number of nitrogens with zero attached hydrogens (tertiary/aromatic N) is 6. The van der Waals surface area contributed by atoms with Crippen molar-refractivity contribution in [2.45, 2.75) is 18.6 Å².